The lowest BCUT2D eigenvalue weighted by Gasteiger charge is -2.05. The first-order valence-corrected chi connectivity index (χ1v) is 5.37. The quantitative estimate of drug-likeness (QED) is 0.623. The second-order valence-corrected chi connectivity index (χ2v) is 4.00. The Hall–Kier alpha value is -2.29. The Bertz CT molecular complexity index is 532. The number of aldehydes is 1. The van der Waals surface area contributed by atoms with Gasteiger partial charge in [-0.25, -0.2) is 0 Å². The van der Waals surface area contributed by atoms with E-state index in [2.05, 4.69) is 0 Å². The van der Waals surface area contributed by atoms with Crippen molar-refractivity contribution in [1.29, 1.82) is 0 Å². The van der Waals surface area contributed by atoms with Gasteiger partial charge in [0.15, 0.2) is 0 Å². The van der Waals surface area contributed by atoms with E-state index in [0.717, 1.165) is 23.8 Å². The van der Waals surface area contributed by atoms with Crippen molar-refractivity contribution < 1.29 is 4.79 Å². The third kappa shape index (κ3) is 2.64. The lowest BCUT2D eigenvalue weighted by molar-refractivity contribution is 0.112. The smallest absolute Gasteiger partial charge is 0.150 e. The number of carbonyl (C=O) groups excluding carboxylic acids is 1. The number of hydrogen-bond acceptors (Lipinski definition) is 3. The molecule has 3 heteroatoms. The van der Waals surface area contributed by atoms with Crippen LogP contribution >= 0.6 is 0 Å². The molecule has 0 spiro atoms. The normalized spacial score (nSPS) is 10.1. The summed E-state index contributed by atoms with van der Waals surface area (Å²) in [7, 11) is 0. The highest BCUT2D eigenvalue weighted by atomic mass is 16.1. The maximum atomic E-state index is 10.5. The predicted molar refractivity (Wildman–Crippen MR) is 69.9 cm³/mol. The zero-order valence-electron chi connectivity index (χ0n) is 9.39. The fourth-order valence-corrected chi connectivity index (χ4v) is 1.68. The van der Waals surface area contributed by atoms with Gasteiger partial charge in [0.1, 0.15) is 6.29 Å². The second kappa shape index (κ2) is 4.70. The summed E-state index contributed by atoms with van der Waals surface area (Å²) in [6.07, 6.45) is 1.62. The number of nitrogen functional groups attached to an aromatic ring is 2. The van der Waals surface area contributed by atoms with Crippen LogP contribution in [0.5, 0.6) is 0 Å². The molecule has 17 heavy (non-hydrogen) atoms. The summed E-state index contributed by atoms with van der Waals surface area (Å²) >= 11 is 0. The number of rotatable bonds is 3. The molecule has 0 fully saturated rings. The number of anilines is 2. The molecule has 2 aromatic rings. The van der Waals surface area contributed by atoms with Gasteiger partial charge < -0.3 is 11.5 Å². The Morgan fingerprint density at radius 3 is 2.12 bits per heavy atom. The summed E-state index contributed by atoms with van der Waals surface area (Å²) in [5.41, 5.74) is 15.5. The van der Waals surface area contributed by atoms with Crippen LogP contribution in [0.1, 0.15) is 21.5 Å². The van der Waals surface area contributed by atoms with Crippen LogP contribution < -0.4 is 11.5 Å². The molecule has 0 heterocycles. The molecule has 86 valence electrons. The van der Waals surface area contributed by atoms with E-state index in [0.29, 0.717) is 16.9 Å². The molecule has 0 aliphatic carbocycles. The van der Waals surface area contributed by atoms with Crippen LogP contribution in [0.2, 0.25) is 0 Å². The van der Waals surface area contributed by atoms with Gasteiger partial charge in [0.25, 0.3) is 0 Å². The summed E-state index contributed by atoms with van der Waals surface area (Å²) in [4.78, 5) is 10.5. The Morgan fingerprint density at radius 1 is 0.882 bits per heavy atom. The molecule has 0 saturated carbocycles. The highest BCUT2D eigenvalue weighted by Gasteiger charge is 2.00. The summed E-state index contributed by atoms with van der Waals surface area (Å²) in [6.45, 7) is 0. The Balaban J connectivity index is 2.19. The van der Waals surface area contributed by atoms with Gasteiger partial charge in [-0.05, 0) is 29.7 Å². The monoisotopic (exact) mass is 226 g/mol. The van der Waals surface area contributed by atoms with Crippen molar-refractivity contribution in [2.75, 3.05) is 11.5 Å². The molecule has 0 atom stereocenters. The van der Waals surface area contributed by atoms with Crippen molar-refractivity contribution in [3.8, 4) is 0 Å². The van der Waals surface area contributed by atoms with Gasteiger partial charge in [0, 0.05) is 5.56 Å². The zero-order chi connectivity index (χ0) is 12.3. The first kappa shape index (κ1) is 11.2. The van der Waals surface area contributed by atoms with Crippen LogP contribution in [0.4, 0.5) is 11.4 Å². The molecule has 0 amide bonds. The fourth-order valence-electron chi connectivity index (χ4n) is 1.68. The summed E-state index contributed by atoms with van der Waals surface area (Å²) in [6, 6.07) is 13.1. The average molecular weight is 226 g/mol. The molecule has 0 bridgehead atoms. The van der Waals surface area contributed by atoms with E-state index in [4.69, 9.17) is 11.5 Å². The summed E-state index contributed by atoms with van der Waals surface area (Å²) in [5.74, 6) is 0. The zero-order valence-corrected chi connectivity index (χ0v) is 9.39. The van der Waals surface area contributed by atoms with E-state index in [-0.39, 0.29) is 0 Å². The number of nitrogens with two attached hydrogens (primary N) is 2. The topological polar surface area (TPSA) is 69.1 Å². The van der Waals surface area contributed by atoms with Crippen molar-refractivity contribution in [1.82, 2.24) is 0 Å². The van der Waals surface area contributed by atoms with Crippen LogP contribution in [0.3, 0.4) is 0 Å². The van der Waals surface area contributed by atoms with E-state index in [9.17, 15) is 4.79 Å². The number of hydrogen-bond donors (Lipinski definition) is 2. The van der Waals surface area contributed by atoms with Crippen molar-refractivity contribution in [2.45, 2.75) is 6.42 Å². The first-order valence-electron chi connectivity index (χ1n) is 5.37. The Labute approximate surface area is 100 Å². The van der Waals surface area contributed by atoms with Gasteiger partial charge in [0.05, 0.1) is 11.4 Å². The first-order chi connectivity index (χ1) is 8.19. The Morgan fingerprint density at radius 2 is 1.53 bits per heavy atom. The van der Waals surface area contributed by atoms with Crippen molar-refractivity contribution in [3.63, 3.8) is 0 Å². The van der Waals surface area contributed by atoms with Crippen molar-refractivity contribution in [3.05, 3.63) is 59.2 Å². The second-order valence-electron chi connectivity index (χ2n) is 4.00. The molecular weight excluding hydrogens is 212 g/mol. The Kier molecular flexibility index (Phi) is 3.10. The van der Waals surface area contributed by atoms with E-state index in [1.165, 1.54) is 0 Å². The molecule has 0 aliphatic rings. The molecule has 3 nitrogen and oxygen atoms in total. The molecule has 0 aromatic heterocycles. The van der Waals surface area contributed by atoms with Gasteiger partial charge >= 0.3 is 0 Å². The molecular formula is C14H14N2O. The van der Waals surface area contributed by atoms with Crippen LogP contribution in [-0.2, 0) is 6.42 Å². The molecule has 2 aromatic carbocycles. The van der Waals surface area contributed by atoms with Gasteiger partial charge in [-0.2, -0.15) is 0 Å². The van der Waals surface area contributed by atoms with Crippen LogP contribution in [0.15, 0.2) is 42.5 Å². The van der Waals surface area contributed by atoms with E-state index in [1.54, 1.807) is 0 Å². The number of benzene rings is 2. The summed E-state index contributed by atoms with van der Waals surface area (Å²) < 4.78 is 0. The maximum absolute atomic E-state index is 10.5. The molecule has 2 rings (SSSR count). The van der Waals surface area contributed by atoms with Crippen molar-refractivity contribution in [2.24, 2.45) is 0 Å². The molecule has 0 unspecified atom stereocenters. The van der Waals surface area contributed by atoms with E-state index in [1.807, 2.05) is 42.5 Å². The third-order valence-corrected chi connectivity index (χ3v) is 2.68. The van der Waals surface area contributed by atoms with E-state index >= 15 is 0 Å². The largest absolute Gasteiger partial charge is 0.397 e. The fraction of sp³-hybridized carbons (Fsp3) is 0.0714. The highest BCUT2D eigenvalue weighted by Crippen LogP contribution is 2.18. The lowest BCUT2D eigenvalue weighted by atomic mass is 10.0. The third-order valence-electron chi connectivity index (χ3n) is 2.68. The van der Waals surface area contributed by atoms with Gasteiger partial charge in [-0.1, -0.05) is 30.3 Å². The molecule has 0 radical (unpaired) electrons. The maximum Gasteiger partial charge on any atom is 0.150 e. The summed E-state index contributed by atoms with van der Waals surface area (Å²) in [5, 5.41) is 0. The van der Waals surface area contributed by atoms with Gasteiger partial charge in [0.2, 0.25) is 0 Å². The standard InChI is InChI=1S/C14H14N2O/c15-13-6-5-12(8-14(13)16)7-10-1-3-11(9-17)4-2-10/h1-6,8-9H,7,15-16H2. The van der Waals surface area contributed by atoms with Gasteiger partial charge in [-0.3, -0.25) is 4.79 Å². The lowest BCUT2D eigenvalue weighted by Crippen LogP contribution is -1.96. The van der Waals surface area contributed by atoms with Gasteiger partial charge in [-0.15, -0.1) is 0 Å². The predicted octanol–water partition coefficient (Wildman–Crippen LogP) is 2.25. The molecule has 0 saturated heterocycles. The van der Waals surface area contributed by atoms with Crippen LogP contribution in [0, 0.1) is 0 Å². The highest BCUT2D eigenvalue weighted by molar-refractivity contribution is 5.74. The molecule has 4 N–H and O–H groups in total. The minimum atomic E-state index is 0.602. The number of carbonyl (C=O) groups is 1. The molecule has 0 aliphatic heterocycles. The minimum absolute atomic E-state index is 0.602. The van der Waals surface area contributed by atoms with Crippen molar-refractivity contribution >= 4 is 17.7 Å². The van der Waals surface area contributed by atoms with E-state index < -0.39 is 0 Å². The van der Waals surface area contributed by atoms with Crippen LogP contribution in [-0.4, -0.2) is 6.29 Å². The SMILES string of the molecule is Nc1ccc(Cc2ccc(C=O)cc2)cc1N. The average Bonchev–Trinajstić information content (AvgIpc) is 2.35. The minimum Gasteiger partial charge on any atom is -0.397 e. The van der Waals surface area contributed by atoms with Crippen LogP contribution in [0.25, 0.3) is 0 Å².